The molecule has 1 aromatic heterocycles. The molecule has 1 aromatic rings. The first kappa shape index (κ1) is 10.5. The van der Waals surface area contributed by atoms with Crippen LogP contribution in [0, 0.1) is 0 Å². The van der Waals surface area contributed by atoms with Crippen molar-refractivity contribution in [3.8, 4) is 0 Å². The average Bonchev–Trinajstić information content (AvgIpc) is 2.45. The van der Waals surface area contributed by atoms with E-state index in [2.05, 4.69) is 4.98 Å². The van der Waals surface area contributed by atoms with E-state index in [9.17, 15) is 9.59 Å². The number of hydrogen-bond donors (Lipinski definition) is 2. The van der Waals surface area contributed by atoms with Crippen LogP contribution in [-0.4, -0.2) is 22.3 Å². The van der Waals surface area contributed by atoms with Crippen molar-refractivity contribution in [3.63, 3.8) is 0 Å². The summed E-state index contributed by atoms with van der Waals surface area (Å²) < 4.78 is 0. The van der Waals surface area contributed by atoms with Gasteiger partial charge in [0.15, 0.2) is 6.29 Å². The van der Waals surface area contributed by atoms with Crippen LogP contribution in [0.2, 0.25) is 0 Å². The second kappa shape index (κ2) is 3.29. The second-order valence-corrected chi connectivity index (χ2v) is 4.17. The average molecular weight is 195 g/mol. The van der Waals surface area contributed by atoms with Gasteiger partial charge >= 0.3 is 5.97 Å². The highest BCUT2D eigenvalue weighted by molar-refractivity contribution is 5.92. The van der Waals surface area contributed by atoms with Crippen LogP contribution >= 0.6 is 0 Å². The van der Waals surface area contributed by atoms with Gasteiger partial charge in [-0.3, -0.25) is 4.79 Å². The van der Waals surface area contributed by atoms with Crippen molar-refractivity contribution in [2.75, 3.05) is 0 Å². The summed E-state index contributed by atoms with van der Waals surface area (Å²) in [4.78, 5) is 24.1. The Kier molecular flexibility index (Phi) is 2.47. The summed E-state index contributed by atoms with van der Waals surface area (Å²) in [6.45, 7) is 5.61. The molecule has 2 N–H and O–H groups in total. The quantitative estimate of drug-likeness (QED) is 0.707. The standard InChI is InChI=1S/C10H13NO3/c1-10(2,3)7-6(5-12)4-11-8(7)9(13)14/h4-5,11H,1-3H3,(H,13,14). The predicted octanol–water partition coefficient (Wildman–Crippen LogP) is 1.82. The van der Waals surface area contributed by atoms with E-state index in [0.717, 1.165) is 0 Å². The Morgan fingerprint density at radius 1 is 1.50 bits per heavy atom. The van der Waals surface area contributed by atoms with Crippen LogP contribution in [0.15, 0.2) is 6.20 Å². The third kappa shape index (κ3) is 1.69. The fourth-order valence-electron chi connectivity index (χ4n) is 1.51. The Balaban J connectivity index is 3.41. The van der Waals surface area contributed by atoms with Crippen molar-refractivity contribution in [3.05, 3.63) is 23.0 Å². The molecular formula is C10H13NO3. The van der Waals surface area contributed by atoms with E-state index in [1.807, 2.05) is 20.8 Å². The van der Waals surface area contributed by atoms with Crippen LogP contribution < -0.4 is 0 Å². The molecule has 1 heterocycles. The van der Waals surface area contributed by atoms with Crippen molar-refractivity contribution in [1.82, 2.24) is 4.98 Å². The lowest BCUT2D eigenvalue weighted by Crippen LogP contribution is -2.17. The molecule has 76 valence electrons. The monoisotopic (exact) mass is 195 g/mol. The summed E-state index contributed by atoms with van der Waals surface area (Å²) in [5, 5.41) is 8.89. The molecule has 0 spiro atoms. The predicted molar refractivity (Wildman–Crippen MR) is 51.8 cm³/mol. The van der Waals surface area contributed by atoms with Gasteiger partial charge in [-0.1, -0.05) is 20.8 Å². The fraction of sp³-hybridized carbons (Fsp3) is 0.400. The van der Waals surface area contributed by atoms with E-state index in [1.165, 1.54) is 6.20 Å². The Labute approximate surface area is 81.9 Å². The van der Waals surface area contributed by atoms with Crippen molar-refractivity contribution >= 4 is 12.3 Å². The van der Waals surface area contributed by atoms with Crippen molar-refractivity contribution in [2.24, 2.45) is 0 Å². The molecule has 0 aliphatic carbocycles. The van der Waals surface area contributed by atoms with Gasteiger partial charge in [-0.05, 0) is 5.41 Å². The van der Waals surface area contributed by atoms with E-state index in [0.29, 0.717) is 17.4 Å². The van der Waals surface area contributed by atoms with Crippen LogP contribution in [-0.2, 0) is 5.41 Å². The number of carboxylic acid groups (broad SMARTS) is 1. The summed E-state index contributed by atoms with van der Waals surface area (Å²) in [6.07, 6.45) is 2.10. The molecule has 0 aliphatic rings. The normalized spacial score (nSPS) is 11.4. The first-order valence-corrected chi connectivity index (χ1v) is 4.28. The van der Waals surface area contributed by atoms with Gasteiger partial charge in [-0.15, -0.1) is 0 Å². The molecule has 0 saturated carbocycles. The van der Waals surface area contributed by atoms with E-state index < -0.39 is 5.97 Å². The Morgan fingerprint density at radius 2 is 2.07 bits per heavy atom. The zero-order chi connectivity index (χ0) is 10.9. The molecule has 0 aromatic carbocycles. The Morgan fingerprint density at radius 3 is 2.43 bits per heavy atom. The third-order valence-electron chi connectivity index (χ3n) is 2.00. The van der Waals surface area contributed by atoms with Gasteiger partial charge in [-0.2, -0.15) is 0 Å². The third-order valence-corrected chi connectivity index (χ3v) is 2.00. The minimum absolute atomic E-state index is 0.0969. The van der Waals surface area contributed by atoms with Crippen LogP contribution in [0.3, 0.4) is 0 Å². The molecule has 0 atom stereocenters. The maximum absolute atomic E-state index is 10.9. The number of aromatic amines is 1. The molecule has 0 fully saturated rings. The summed E-state index contributed by atoms with van der Waals surface area (Å²) in [6, 6.07) is 0. The lowest BCUT2D eigenvalue weighted by molar-refractivity contribution is 0.0688. The van der Waals surface area contributed by atoms with Crippen LogP contribution in [0.4, 0.5) is 0 Å². The summed E-state index contributed by atoms with van der Waals surface area (Å²) >= 11 is 0. The van der Waals surface area contributed by atoms with E-state index >= 15 is 0 Å². The lowest BCUT2D eigenvalue weighted by atomic mass is 9.84. The van der Waals surface area contributed by atoms with Gasteiger partial charge in [0, 0.05) is 17.3 Å². The van der Waals surface area contributed by atoms with Gasteiger partial charge in [0.25, 0.3) is 0 Å². The highest BCUT2D eigenvalue weighted by Gasteiger charge is 2.26. The van der Waals surface area contributed by atoms with Gasteiger partial charge in [0.05, 0.1) is 0 Å². The number of H-pyrrole nitrogens is 1. The lowest BCUT2D eigenvalue weighted by Gasteiger charge is -2.19. The smallest absolute Gasteiger partial charge is 0.352 e. The highest BCUT2D eigenvalue weighted by atomic mass is 16.4. The number of carbonyl (C=O) groups is 2. The Hall–Kier alpha value is -1.58. The number of aromatic carboxylic acids is 1. The minimum atomic E-state index is -1.04. The molecule has 0 aliphatic heterocycles. The number of hydrogen-bond acceptors (Lipinski definition) is 2. The van der Waals surface area contributed by atoms with Gasteiger partial charge in [-0.25, -0.2) is 4.79 Å². The van der Waals surface area contributed by atoms with Gasteiger partial charge in [0.2, 0.25) is 0 Å². The topological polar surface area (TPSA) is 70.2 Å². The molecule has 0 saturated heterocycles. The van der Waals surface area contributed by atoms with Crippen molar-refractivity contribution in [1.29, 1.82) is 0 Å². The van der Waals surface area contributed by atoms with Crippen molar-refractivity contribution < 1.29 is 14.7 Å². The molecule has 1 rings (SSSR count). The van der Waals surface area contributed by atoms with Crippen LogP contribution in [0.1, 0.15) is 47.2 Å². The summed E-state index contributed by atoms with van der Waals surface area (Å²) in [5.74, 6) is -1.04. The van der Waals surface area contributed by atoms with Crippen LogP contribution in [0.5, 0.6) is 0 Å². The maximum Gasteiger partial charge on any atom is 0.352 e. The van der Waals surface area contributed by atoms with Crippen LogP contribution in [0.25, 0.3) is 0 Å². The van der Waals surface area contributed by atoms with Gasteiger partial charge in [0.1, 0.15) is 5.69 Å². The maximum atomic E-state index is 10.9. The SMILES string of the molecule is CC(C)(C)c1c(C=O)c[nH]c1C(=O)O. The number of aldehydes is 1. The van der Waals surface area contributed by atoms with E-state index in [1.54, 1.807) is 0 Å². The van der Waals surface area contributed by atoms with E-state index in [4.69, 9.17) is 5.11 Å². The van der Waals surface area contributed by atoms with Gasteiger partial charge < -0.3 is 10.1 Å². The highest BCUT2D eigenvalue weighted by Crippen LogP contribution is 2.28. The molecule has 0 unspecified atom stereocenters. The first-order chi connectivity index (χ1) is 6.38. The fourth-order valence-corrected chi connectivity index (χ4v) is 1.51. The molecule has 0 amide bonds. The molecule has 4 nitrogen and oxygen atoms in total. The largest absolute Gasteiger partial charge is 0.477 e. The minimum Gasteiger partial charge on any atom is -0.477 e. The number of nitrogens with one attached hydrogen (secondary N) is 1. The molecule has 4 heteroatoms. The number of rotatable bonds is 2. The number of aromatic nitrogens is 1. The van der Waals surface area contributed by atoms with E-state index in [-0.39, 0.29) is 11.1 Å². The number of carboxylic acids is 1. The van der Waals surface area contributed by atoms with Crippen molar-refractivity contribution in [2.45, 2.75) is 26.2 Å². The molecule has 0 radical (unpaired) electrons. The number of carbonyl (C=O) groups excluding carboxylic acids is 1. The molecular weight excluding hydrogens is 182 g/mol. The zero-order valence-corrected chi connectivity index (χ0v) is 8.42. The first-order valence-electron chi connectivity index (χ1n) is 4.28. The second-order valence-electron chi connectivity index (χ2n) is 4.17. The Bertz CT molecular complexity index is 371. The zero-order valence-electron chi connectivity index (χ0n) is 8.42. The molecule has 14 heavy (non-hydrogen) atoms. The molecule has 0 bridgehead atoms. The summed E-state index contributed by atoms with van der Waals surface area (Å²) in [5.41, 5.74) is 0.707. The summed E-state index contributed by atoms with van der Waals surface area (Å²) in [7, 11) is 0.